The summed E-state index contributed by atoms with van der Waals surface area (Å²) in [6, 6.07) is 3.92. The predicted octanol–water partition coefficient (Wildman–Crippen LogP) is 3.06. The normalized spacial score (nSPS) is 10.6. The number of aryl methyl sites for hydroxylation is 1. The van der Waals surface area contributed by atoms with Crippen molar-refractivity contribution in [2.75, 3.05) is 0 Å². The Morgan fingerprint density at radius 1 is 1.56 bits per heavy atom. The molecule has 0 unspecified atom stereocenters. The van der Waals surface area contributed by atoms with Gasteiger partial charge in [0.25, 0.3) is 5.56 Å². The maximum atomic E-state index is 11.7. The fraction of sp³-hybridized carbons (Fsp3) is 0.273. The van der Waals surface area contributed by atoms with E-state index >= 15 is 0 Å². The van der Waals surface area contributed by atoms with Crippen molar-refractivity contribution in [1.29, 1.82) is 0 Å². The molecule has 0 saturated carbocycles. The molecule has 0 atom stereocenters. The van der Waals surface area contributed by atoms with E-state index in [9.17, 15) is 4.79 Å². The van der Waals surface area contributed by atoms with E-state index in [4.69, 9.17) is 0 Å². The van der Waals surface area contributed by atoms with Crippen molar-refractivity contribution in [3.05, 3.63) is 37.1 Å². The van der Waals surface area contributed by atoms with Crippen molar-refractivity contribution < 1.29 is 0 Å². The third-order valence-electron chi connectivity index (χ3n) is 2.17. The molecule has 2 heterocycles. The second kappa shape index (κ2) is 5.09. The van der Waals surface area contributed by atoms with E-state index in [0.29, 0.717) is 9.39 Å². The highest BCUT2D eigenvalue weighted by molar-refractivity contribution is 14.1. The van der Waals surface area contributed by atoms with Crippen molar-refractivity contribution in [1.82, 2.24) is 9.97 Å². The van der Waals surface area contributed by atoms with Gasteiger partial charge in [-0.05, 0) is 40.5 Å². The quantitative estimate of drug-likeness (QED) is 0.869. The zero-order valence-corrected chi connectivity index (χ0v) is 11.8. The summed E-state index contributed by atoms with van der Waals surface area (Å²) in [6.45, 7) is 2.09. The maximum absolute atomic E-state index is 11.7. The van der Waals surface area contributed by atoms with Crippen molar-refractivity contribution >= 4 is 33.9 Å². The second-order valence-electron chi connectivity index (χ2n) is 3.40. The minimum atomic E-state index is -0.0394. The maximum Gasteiger partial charge on any atom is 0.264 e. The third-order valence-corrected chi connectivity index (χ3v) is 4.16. The van der Waals surface area contributed by atoms with Crippen LogP contribution < -0.4 is 5.56 Å². The molecule has 2 aromatic heterocycles. The Hall–Kier alpha value is -0.690. The SMILES string of the molecule is CCCc1nc(-c2cccs2)[nH]c(=O)c1I. The molecule has 1 N–H and O–H groups in total. The van der Waals surface area contributed by atoms with Crippen molar-refractivity contribution in [2.24, 2.45) is 0 Å². The summed E-state index contributed by atoms with van der Waals surface area (Å²) in [4.78, 5) is 20.1. The number of rotatable bonds is 3. The van der Waals surface area contributed by atoms with Crippen LogP contribution in [0.15, 0.2) is 22.3 Å². The zero-order valence-electron chi connectivity index (χ0n) is 8.79. The number of H-pyrrole nitrogens is 1. The lowest BCUT2D eigenvalue weighted by Crippen LogP contribution is -2.16. The molecule has 0 bridgehead atoms. The Kier molecular flexibility index (Phi) is 3.75. The van der Waals surface area contributed by atoms with E-state index in [0.717, 1.165) is 23.4 Å². The summed E-state index contributed by atoms with van der Waals surface area (Å²) in [5.41, 5.74) is 0.859. The van der Waals surface area contributed by atoms with Crippen molar-refractivity contribution in [3.63, 3.8) is 0 Å². The lowest BCUT2D eigenvalue weighted by Gasteiger charge is -2.03. The van der Waals surface area contributed by atoms with Gasteiger partial charge < -0.3 is 4.98 Å². The van der Waals surface area contributed by atoms with E-state index in [2.05, 4.69) is 39.5 Å². The Bertz CT molecular complexity index is 533. The van der Waals surface area contributed by atoms with Crippen LogP contribution in [-0.2, 0) is 6.42 Å². The highest BCUT2D eigenvalue weighted by atomic mass is 127. The molecule has 2 rings (SSSR count). The minimum absolute atomic E-state index is 0.0394. The van der Waals surface area contributed by atoms with Crippen LogP contribution in [-0.4, -0.2) is 9.97 Å². The highest BCUT2D eigenvalue weighted by Gasteiger charge is 2.09. The number of hydrogen-bond donors (Lipinski definition) is 1. The Balaban J connectivity index is 2.53. The van der Waals surface area contributed by atoms with E-state index in [1.54, 1.807) is 11.3 Å². The molecule has 5 heteroatoms. The van der Waals surface area contributed by atoms with Crippen molar-refractivity contribution in [2.45, 2.75) is 19.8 Å². The molecular weight excluding hydrogens is 335 g/mol. The summed E-state index contributed by atoms with van der Waals surface area (Å²) >= 11 is 3.64. The standard InChI is InChI=1S/C11H11IN2OS/c1-2-4-7-9(12)11(15)14-10(13-7)8-5-3-6-16-8/h3,5-6H,2,4H2,1H3,(H,13,14,15). The van der Waals surface area contributed by atoms with Crippen LogP contribution in [0.25, 0.3) is 10.7 Å². The summed E-state index contributed by atoms with van der Waals surface area (Å²) < 4.78 is 0.708. The second-order valence-corrected chi connectivity index (χ2v) is 5.43. The minimum Gasteiger partial charge on any atom is -0.305 e. The van der Waals surface area contributed by atoms with Gasteiger partial charge in [-0.1, -0.05) is 19.4 Å². The molecule has 3 nitrogen and oxygen atoms in total. The van der Waals surface area contributed by atoms with E-state index < -0.39 is 0 Å². The first-order valence-corrected chi connectivity index (χ1v) is 7.00. The van der Waals surface area contributed by atoms with Gasteiger partial charge in [0.1, 0.15) is 0 Å². The summed E-state index contributed by atoms with van der Waals surface area (Å²) in [7, 11) is 0. The first kappa shape index (κ1) is 11.8. The van der Waals surface area contributed by atoms with Gasteiger partial charge in [-0.3, -0.25) is 4.79 Å². The number of nitrogens with one attached hydrogen (secondary N) is 1. The molecule has 0 radical (unpaired) electrons. The number of hydrogen-bond acceptors (Lipinski definition) is 3. The lowest BCUT2D eigenvalue weighted by atomic mass is 10.2. The first-order valence-electron chi connectivity index (χ1n) is 5.05. The molecule has 0 aliphatic heterocycles. The van der Waals surface area contributed by atoms with E-state index in [1.807, 2.05) is 17.5 Å². The van der Waals surface area contributed by atoms with Crippen LogP contribution in [0.2, 0.25) is 0 Å². The predicted molar refractivity (Wildman–Crippen MR) is 74.9 cm³/mol. The average molecular weight is 346 g/mol. The van der Waals surface area contributed by atoms with Crippen LogP contribution in [0.4, 0.5) is 0 Å². The van der Waals surface area contributed by atoms with Gasteiger partial charge in [0, 0.05) is 0 Å². The molecular formula is C11H11IN2OS. The average Bonchev–Trinajstić information content (AvgIpc) is 2.78. The topological polar surface area (TPSA) is 45.8 Å². The van der Waals surface area contributed by atoms with E-state index in [1.165, 1.54) is 0 Å². The fourth-order valence-corrected chi connectivity index (χ4v) is 2.63. The molecule has 16 heavy (non-hydrogen) atoms. The van der Waals surface area contributed by atoms with Gasteiger partial charge in [0.15, 0.2) is 5.82 Å². The molecule has 0 aromatic carbocycles. The van der Waals surface area contributed by atoms with Gasteiger partial charge in [-0.15, -0.1) is 11.3 Å². The molecule has 2 aromatic rings. The fourth-order valence-electron chi connectivity index (χ4n) is 1.44. The van der Waals surface area contributed by atoms with Crippen LogP contribution in [0.3, 0.4) is 0 Å². The molecule has 0 fully saturated rings. The smallest absolute Gasteiger partial charge is 0.264 e. The highest BCUT2D eigenvalue weighted by Crippen LogP contribution is 2.21. The summed E-state index contributed by atoms with van der Waals surface area (Å²) in [5.74, 6) is 0.684. The Morgan fingerprint density at radius 3 is 3.00 bits per heavy atom. The Labute approximate surface area is 111 Å². The third kappa shape index (κ3) is 2.35. The van der Waals surface area contributed by atoms with Crippen LogP contribution in [0.1, 0.15) is 19.0 Å². The van der Waals surface area contributed by atoms with Gasteiger partial charge in [0.05, 0.1) is 14.1 Å². The molecule has 0 spiro atoms. The van der Waals surface area contributed by atoms with Crippen LogP contribution >= 0.6 is 33.9 Å². The number of aromatic amines is 1. The lowest BCUT2D eigenvalue weighted by molar-refractivity contribution is 0.861. The Morgan fingerprint density at radius 2 is 2.38 bits per heavy atom. The van der Waals surface area contributed by atoms with Gasteiger partial charge in [0.2, 0.25) is 0 Å². The monoisotopic (exact) mass is 346 g/mol. The van der Waals surface area contributed by atoms with Crippen LogP contribution in [0.5, 0.6) is 0 Å². The van der Waals surface area contributed by atoms with E-state index in [-0.39, 0.29) is 5.56 Å². The number of halogens is 1. The van der Waals surface area contributed by atoms with Crippen molar-refractivity contribution in [3.8, 4) is 10.7 Å². The molecule has 0 aliphatic rings. The largest absolute Gasteiger partial charge is 0.305 e. The summed E-state index contributed by atoms with van der Waals surface area (Å²) in [5, 5.41) is 1.98. The van der Waals surface area contributed by atoms with Crippen LogP contribution in [0, 0.1) is 3.57 Å². The van der Waals surface area contributed by atoms with Gasteiger partial charge >= 0.3 is 0 Å². The molecule has 0 aliphatic carbocycles. The van der Waals surface area contributed by atoms with Gasteiger partial charge in [-0.2, -0.15) is 0 Å². The first-order chi connectivity index (χ1) is 7.72. The number of nitrogens with zero attached hydrogens (tertiary/aromatic N) is 1. The molecule has 0 amide bonds. The summed E-state index contributed by atoms with van der Waals surface area (Å²) in [6.07, 6.45) is 1.84. The number of thiophene rings is 1. The number of aromatic nitrogens is 2. The molecule has 84 valence electrons. The van der Waals surface area contributed by atoms with Gasteiger partial charge in [-0.25, -0.2) is 4.98 Å². The molecule has 0 saturated heterocycles. The zero-order chi connectivity index (χ0) is 11.5.